The Morgan fingerprint density at radius 1 is 1.48 bits per heavy atom. The molecule has 0 aliphatic carbocycles. The number of amides is 1. The summed E-state index contributed by atoms with van der Waals surface area (Å²) in [5, 5.41) is 13.7. The normalized spacial score (nSPS) is 16.0. The summed E-state index contributed by atoms with van der Waals surface area (Å²) >= 11 is 1.67. The van der Waals surface area contributed by atoms with Crippen molar-refractivity contribution < 1.29 is 4.79 Å². The Morgan fingerprint density at radius 3 is 2.91 bits per heavy atom. The molecule has 2 aromatic rings. The second-order valence-electron chi connectivity index (χ2n) is 6.17. The molecule has 0 spiro atoms. The average molecular weight is 333 g/mol. The molecule has 1 saturated heterocycles. The van der Waals surface area contributed by atoms with Gasteiger partial charge < -0.3 is 10.2 Å². The third-order valence-corrected chi connectivity index (χ3v) is 5.06. The fourth-order valence-electron chi connectivity index (χ4n) is 2.83. The van der Waals surface area contributed by atoms with Crippen LogP contribution in [0.3, 0.4) is 0 Å². The van der Waals surface area contributed by atoms with Crippen LogP contribution in [0.25, 0.3) is 0 Å². The first-order chi connectivity index (χ1) is 11.1. The number of nitrogens with zero attached hydrogens (tertiary/aromatic N) is 4. The van der Waals surface area contributed by atoms with Gasteiger partial charge in [0.2, 0.25) is 0 Å². The van der Waals surface area contributed by atoms with Crippen LogP contribution in [0.5, 0.6) is 0 Å². The zero-order valence-corrected chi connectivity index (χ0v) is 14.4. The van der Waals surface area contributed by atoms with Gasteiger partial charge in [0.15, 0.2) is 5.69 Å². The van der Waals surface area contributed by atoms with Crippen molar-refractivity contribution in [3.8, 4) is 0 Å². The van der Waals surface area contributed by atoms with E-state index in [9.17, 15) is 4.79 Å². The molecule has 7 heteroatoms. The van der Waals surface area contributed by atoms with Gasteiger partial charge in [-0.25, -0.2) is 4.68 Å². The maximum atomic E-state index is 12.8. The van der Waals surface area contributed by atoms with E-state index in [1.807, 2.05) is 41.1 Å². The predicted molar refractivity (Wildman–Crippen MR) is 90.5 cm³/mol. The number of hydrogen-bond donors (Lipinski definition) is 1. The molecule has 1 amide bonds. The molecule has 3 rings (SSSR count). The Labute approximate surface area is 140 Å². The maximum absolute atomic E-state index is 12.8. The average Bonchev–Trinajstić information content (AvgIpc) is 3.24. The lowest BCUT2D eigenvalue weighted by molar-refractivity contribution is 0.0686. The van der Waals surface area contributed by atoms with E-state index in [1.165, 1.54) is 4.88 Å². The highest BCUT2D eigenvalue weighted by Gasteiger charge is 2.24. The van der Waals surface area contributed by atoms with Gasteiger partial charge in [-0.1, -0.05) is 11.3 Å². The van der Waals surface area contributed by atoms with Crippen LogP contribution in [0, 0.1) is 0 Å². The standard InChI is InChI=1S/C16H23N5OS/c1-12(2)20(10-14-4-3-9-23-14)16(22)15-11-21(19-18-15)13-5-7-17-8-6-13/h3-4,9,11-13,17H,5-8,10H2,1-2H3. The molecule has 2 aromatic heterocycles. The molecule has 3 heterocycles. The number of nitrogens with one attached hydrogen (secondary N) is 1. The Balaban J connectivity index is 1.73. The molecule has 0 radical (unpaired) electrons. The van der Waals surface area contributed by atoms with Gasteiger partial charge in [-0.2, -0.15) is 0 Å². The van der Waals surface area contributed by atoms with Crippen LogP contribution in [-0.2, 0) is 6.54 Å². The SMILES string of the molecule is CC(C)N(Cc1cccs1)C(=O)c1cn(C2CCNCC2)nn1. The Bertz CT molecular complexity index is 631. The van der Waals surface area contributed by atoms with E-state index >= 15 is 0 Å². The van der Waals surface area contributed by atoms with Crippen LogP contribution >= 0.6 is 11.3 Å². The molecular formula is C16H23N5OS. The molecule has 23 heavy (non-hydrogen) atoms. The molecule has 1 aliphatic heterocycles. The first kappa shape index (κ1) is 16.1. The third kappa shape index (κ3) is 3.79. The van der Waals surface area contributed by atoms with Gasteiger partial charge in [0.1, 0.15) is 0 Å². The van der Waals surface area contributed by atoms with E-state index in [4.69, 9.17) is 0 Å². The Kier molecular flexibility index (Phi) is 5.07. The van der Waals surface area contributed by atoms with Crippen LogP contribution < -0.4 is 5.32 Å². The highest BCUT2D eigenvalue weighted by Crippen LogP contribution is 2.19. The molecular weight excluding hydrogens is 310 g/mol. The summed E-state index contributed by atoms with van der Waals surface area (Å²) in [6.07, 6.45) is 3.86. The second-order valence-corrected chi connectivity index (χ2v) is 7.20. The van der Waals surface area contributed by atoms with Crippen LogP contribution in [0.15, 0.2) is 23.7 Å². The molecule has 0 aromatic carbocycles. The maximum Gasteiger partial charge on any atom is 0.276 e. The summed E-state index contributed by atoms with van der Waals surface area (Å²) in [7, 11) is 0. The van der Waals surface area contributed by atoms with Gasteiger partial charge in [0.25, 0.3) is 5.91 Å². The minimum absolute atomic E-state index is 0.0476. The first-order valence-corrected chi connectivity index (χ1v) is 8.99. The van der Waals surface area contributed by atoms with E-state index in [2.05, 4.69) is 21.7 Å². The van der Waals surface area contributed by atoms with Gasteiger partial charge in [-0.3, -0.25) is 4.79 Å². The van der Waals surface area contributed by atoms with Gasteiger partial charge in [0.05, 0.1) is 18.8 Å². The molecule has 1 aliphatic rings. The lowest BCUT2D eigenvalue weighted by Gasteiger charge is -2.25. The monoisotopic (exact) mass is 333 g/mol. The summed E-state index contributed by atoms with van der Waals surface area (Å²) in [6, 6.07) is 4.53. The van der Waals surface area contributed by atoms with Crippen molar-refractivity contribution in [1.82, 2.24) is 25.2 Å². The summed E-state index contributed by atoms with van der Waals surface area (Å²) in [4.78, 5) is 15.8. The molecule has 124 valence electrons. The van der Waals surface area contributed by atoms with Crippen molar-refractivity contribution in [2.24, 2.45) is 0 Å². The number of piperidine rings is 1. The molecule has 0 bridgehead atoms. The van der Waals surface area contributed by atoms with E-state index < -0.39 is 0 Å². The number of carbonyl (C=O) groups excluding carboxylic acids is 1. The zero-order valence-electron chi connectivity index (χ0n) is 13.6. The number of carbonyl (C=O) groups is 1. The van der Waals surface area contributed by atoms with Crippen LogP contribution in [0.4, 0.5) is 0 Å². The van der Waals surface area contributed by atoms with Crippen molar-refractivity contribution in [1.29, 1.82) is 0 Å². The van der Waals surface area contributed by atoms with E-state index in [1.54, 1.807) is 11.3 Å². The smallest absolute Gasteiger partial charge is 0.276 e. The molecule has 0 atom stereocenters. The minimum atomic E-state index is -0.0476. The number of thiophene rings is 1. The Morgan fingerprint density at radius 2 is 2.26 bits per heavy atom. The summed E-state index contributed by atoms with van der Waals surface area (Å²) in [5.41, 5.74) is 0.439. The fraction of sp³-hybridized carbons (Fsp3) is 0.562. The molecule has 1 N–H and O–H groups in total. The van der Waals surface area contributed by atoms with Gasteiger partial charge in [-0.15, -0.1) is 16.4 Å². The van der Waals surface area contributed by atoms with Crippen molar-refractivity contribution in [2.45, 2.75) is 45.3 Å². The second kappa shape index (κ2) is 7.23. The third-order valence-electron chi connectivity index (χ3n) is 4.20. The summed E-state index contributed by atoms with van der Waals surface area (Å²) < 4.78 is 1.86. The largest absolute Gasteiger partial charge is 0.330 e. The fourth-order valence-corrected chi connectivity index (χ4v) is 3.53. The molecule has 1 fully saturated rings. The van der Waals surface area contributed by atoms with Crippen molar-refractivity contribution in [3.63, 3.8) is 0 Å². The first-order valence-electron chi connectivity index (χ1n) is 8.11. The molecule has 6 nitrogen and oxygen atoms in total. The van der Waals surface area contributed by atoms with E-state index in [0.29, 0.717) is 18.3 Å². The van der Waals surface area contributed by atoms with Crippen molar-refractivity contribution in [2.75, 3.05) is 13.1 Å². The van der Waals surface area contributed by atoms with Crippen LogP contribution in [-0.4, -0.2) is 44.9 Å². The predicted octanol–water partition coefficient (Wildman–Crippen LogP) is 2.31. The van der Waals surface area contributed by atoms with E-state index in [0.717, 1.165) is 25.9 Å². The lowest BCUT2D eigenvalue weighted by Crippen LogP contribution is -2.36. The van der Waals surface area contributed by atoms with Gasteiger partial charge >= 0.3 is 0 Å². The molecule has 0 unspecified atom stereocenters. The molecule has 0 saturated carbocycles. The number of aromatic nitrogens is 3. The lowest BCUT2D eigenvalue weighted by atomic mass is 10.1. The zero-order chi connectivity index (χ0) is 16.2. The van der Waals surface area contributed by atoms with Crippen LogP contribution in [0.1, 0.15) is 48.1 Å². The highest BCUT2D eigenvalue weighted by molar-refractivity contribution is 7.09. The number of hydrogen-bond acceptors (Lipinski definition) is 5. The highest BCUT2D eigenvalue weighted by atomic mass is 32.1. The Hall–Kier alpha value is -1.73. The topological polar surface area (TPSA) is 63.1 Å². The summed E-state index contributed by atoms with van der Waals surface area (Å²) in [5.74, 6) is -0.0476. The van der Waals surface area contributed by atoms with Gasteiger partial charge in [0, 0.05) is 10.9 Å². The quantitative estimate of drug-likeness (QED) is 0.912. The minimum Gasteiger partial charge on any atom is -0.330 e. The van der Waals surface area contributed by atoms with Crippen molar-refractivity contribution >= 4 is 17.2 Å². The summed E-state index contributed by atoms with van der Waals surface area (Å²) in [6.45, 7) is 6.66. The van der Waals surface area contributed by atoms with Crippen molar-refractivity contribution in [3.05, 3.63) is 34.3 Å². The van der Waals surface area contributed by atoms with Crippen LogP contribution in [0.2, 0.25) is 0 Å². The number of rotatable bonds is 5. The van der Waals surface area contributed by atoms with E-state index in [-0.39, 0.29) is 11.9 Å². The van der Waals surface area contributed by atoms with Gasteiger partial charge in [-0.05, 0) is 51.2 Å².